The van der Waals surface area contributed by atoms with Gasteiger partial charge in [-0.05, 0) is 25.5 Å². The fourth-order valence-electron chi connectivity index (χ4n) is 0.962. The van der Waals surface area contributed by atoms with Crippen molar-refractivity contribution in [3.05, 3.63) is 29.3 Å². The number of aliphatic hydroxyl groups is 1. The summed E-state index contributed by atoms with van der Waals surface area (Å²) in [6.45, 7) is 3.08. The van der Waals surface area contributed by atoms with Crippen molar-refractivity contribution in [1.29, 1.82) is 0 Å². The lowest BCUT2D eigenvalue weighted by molar-refractivity contribution is 0.209. The van der Waals surface area contributed by atoms with E-state index in [2.05, 4.69) is 4.98 Å². The number of pyridine rings is 1. The van der Waals surface area contributed by atoms with Crippen LogP contribution in [0.5, 0.6) is 0 Å². The maximum Gasteiger partial charge on any atom is 0.215 e. The molecule has 4 heteroatoms. The number of nitrogens with zero attached hydrogens (tertiary/aromatic N) is 1. The molecule has 13 heavy (non-hydrogen) atoms. The highest BCUT2D eigenvalue weighted by Gasteiger charge is 2.20. The van der Waals surface area contributed by atoms with Gasteiger partial charge in [-0.25, -0.2) is 4.98 Å². The fourth-order valence-corrected chi connectivity index (χ4v) is 0.962. The Labute approximate surface area is 76.4 Å². The maximum atomic E-state index is 12.8. The van der Waals surface area contributed by atoms with Crippen molar-refractivity contribution in [3.8, 4) is 0 Å². The highest BCUT2D eigenvalue weighted by atomic mass is 19.1. The summed E-state index contributed by atoms with van der Waals surface area (Å²) in [5, 5.41) is 8.96. The van der Waals surface area contributed by atoms with E-state index in [1.165, 1.54) is 6.20 Å². The van der Waals surface area contributed by atoms with E-state index < -0.39 is 11.5 Å². The number of aromatic nitrogens is 1. The van der Waals surface area contributed by atoms with Gasteiger partial charge in [0.25, 0.3) is 0 Å². The van der Waals surface area contributed by atoms with Gasteiger partial charge in [0.1, 0.15) is 0 Å². The van der Waals surface area contributed by atoms with Crippen molar-refractivity contribution in [3.63, 3.8) is 0 Å². The minimum atomic E-state index is -0.856. The first-order valence-corrected chi connectivity index (χ1v) is 4.00. The van der Waals surface area contributed by atoms with E-state index in [0.29, 0.717) is 11.1 Å². The molecule has 0 aliphatic rings. The van der Waals surface area contributed by atoms with E-state index in [4.69, 9.17) is 10.8 Å². The molecule has 1 aromatic rings. The van der Waals surface area contributed by atoms with Crippen LogP contribution in [0.25, 0.3) is 0 Å². The van der Waals surface area contributed by atoms with Gasteiger partial charge in [0.15, 0.2) is 0 Å². The molecule has 1 aromatic heterocycles. The van der Waals surface area contributed by atoms with Crippen LogP contribution in [0, 0.1) is 12.9 Å². The van der Waals surface area contributed by atoms with Gasteiger partial charge < -0.3 is 10.8 Å². The number of nitrogens with two attached hydrogens (primary N) is 1. The Hall–Kier alpha value is -1.00. The molecule has 0 amide bonds. The molecule has 3 nitrogen and oxygen atoms in total. The first-order chi connectivity index (χ1) is 5.97. The third-order valence-electron chi connectivity index (χ3n) is 2.00. The van der Waals surface area contributed by atoms with Crippen molar-refractivity contribution >= 4 is 0 Å². The zero-order valence-corrected chi connectivity index (χ0v) is 7.71. The largest absolute Gasteiger partial charge is 0.394 e. The Kier molecular flexibility index (Phi) is 2.63. The van der Waals surface area contributed by atoms with Gasteiger partial charge in [0.2, 0.25) is 5.95 Å². The van der Waals surface area contributed by atoms with Crippen molar-refractivity contribution in [2.45, 2.75) is 19.4 Å². The zero-order chi connectivity index (χ0) is 10.1. The number of hydrogen-bond acceptors (Lipinski definition) is 3. The normalized spacial score (nSPS) is 15.5. The summed E-state index contributed by atoms with van der Waals surface area (Å²) < 4.78 is 12.8. The topological polar surface area (TPSA) is 59.1 Å². The molecule has 0 spiro atoms. The van der Waals surface area contributed by atoms with Gasteiger partial charge in [-0.1, -0.05) is 0 Å². The van der Waals surface area contributed by atoms with E-state index in [-0.39, 0.29) is 6.61 Å². The molecule has 0 unspecified atom stereocenters. The standard InChI is InChI=1S/C9H13FN2O/c1-6-3-7(4-12-8(6)10)9(2,11)5-13/h3-4,13H,5,11H2,1-2H3/t9-/m1/s1. The third kappa shape index (κ3) is 2.02. The van der Waals surface area contributed by atoms with E-state index >= 15 is 0 Å². The van der Waals surface area contributed by atoms with Gasteiger partial charge in [-0.15, -0.1) is 0 Å². The summed E-state index contributed by atoms with van der Waals surface area (Å²) in [4.78, 5) is 3.54. The number of halogens is 1. The van der Waals surface area contributed by atoms with Crippen LogP contribution in [0.3, 0.4) is 0 Å². The number of hydrogen-bond donors (Lipinski definition) is 2. The van der Waals surface area contributed by atoms with Crippen LogP contribution in [0.4, 0.5) is 4.39 Å². The predicted molar refractivity (Wildman–Crippen MR) is 47.6 cm³/mol. The molecule has 0 bridgehead atoms. The lowest BCUT2D eigenvalue weighted by atomic mass is 9.95. The summed E-state index contributed by atoms with van der Waals surface area (Å²) in [5.41, 5.74) is 5.95. The summed E-state index contributed by atoms with van der Waals surface area (Å²) in [6.07, 6.45) is 1.35. The molecule has 0 radical (unpaired) electrons. The van der Waals surface area contributed by atoms with Crippen molar-refractivity contribution < 1.29 is 9.50 Å². The first-order valence-electron chi connectivity index (χ1n) is 4.00. The summed E-state index contributed by atoms with van der Waals surface area (Å²) in [7, 11) is 0. The Morgan fingerprint density at radius 1 is 1.69 bits per heavy atom. The van der Waals surface area contributed by atoms with Crippen LogP contribution in [0.1, 0.15) is 18.1 Å². The molecule has 1 rings (SSSR count). The minimum Gasteiger partial charge on any atom is -0.394 e. The Bertz CT molecular complexity index is 312. The van der Waals surface area contributed by atoms with E-state index in [1.54, 1.807) is 19.9 Å². The summed E-state index contributed by atoms with van der Waals surface area (Å²) in [6, 6.07) is 1.60. The monoisotopic (exact) mass is 184 g/mol. The Balaban J connectivity index is 3.10. The Morgan fingerprint density at radius 3 is 2.77 bits per heavy atom. The van der Waals surface area contributed by atoms with E-state index in [9.17, 15) is 4.39 Å². The molecular formula is C9H13FN2O. The highest BCUT2D eigenvalue weighted by molar-refractivity contribution is 5.24. The summed E-state index contributed by atoms with van der Waals surface area (Å²) >= 11 is 0. The molecule has 0 saturated carbocycles. The lowest BCUT2D eigenvalue weighted by Crippen LogP contribution is -2.37. The second kappa shape index (κ2) is 3.40. The smallest absolute Gasteiger partial charge is 0.215 e. The van der Waals surface area contributed by atoms with Gasteiger partial charge in [0.05, 0.1) is 12.1 Å². The van der Waals surface area contributed by atoms with Crippen molar-refractivity contribution in [2.75, 3.05) is 6.61 Å². The van der Waals surface area contributed by atoms with E-state index in [1.807, 2.05) is 0 Å². The summed E-state index contributed by atoms with van der Waals surface area (Å²) in [5.74, 6) is -0.502. The molecule has 3 N–H and O–H groups in total. The second-order valence-electron chi connectivity index (χ2n) is 3.41. The molecule has 0 aliphatic heterocycles. The fraction of sp³-hybridized carbons (Fsp3) is 0.444. The zero-order valence-electron chi connectivity index (χ0n) is 7.71. The van der Waals surface area contributed by atoms with Crippen LogP contribution in [0.2, 0.25) is 0 Å². The van der Waals surface area contributed by atoms with Gasteiger partial charge in [-0.2, -0.15) is 4.39 Å². The van der Waals surface area contributed by atoms with Crippen LogP contribution in [-0.4, -0.2) is 16.7 Å². The molecule has 0 fully saturated rings. The molecular weight excluding hydrogens is 171 g/mol. The highest BCUT2D eigenvalue weighted by Crippen LogP contribution is 2.17. The third-order valence-corrected chi connectivity index (χ3v) is 2.00. The van der Waals surface area contributed by atoms with Crippen molar-refractivity contribution in [2.24, 2.45) is 5.73 Å². The van der Waals surface area contributed by atoms with Crippen molar-refractivity contribution in [1.82, 2.24) is 4.98 Å². The minimum absolute atomic E-state index is 0.195. The van der Waals surface area contributed by atoms with Crippen LogP contribution in [0.15, 0.2) is 12.3 Å². The number of aliphatic hydroxyl groups excluding tert-OH is 1. The van der Waals surface area contributed by atoms with Gasteiger partial charge in [-0.3, -0.25) is 0 Å². The molecule has 0 saturated heterocycles. The number of rotatable bonds is 2. The SMILES string of the molecule is Cc1cc([C@](C)(N)CO)cnc1F. The second-order valence-corrected chi connectivity index (χ2v) is 3.41. The molecule has 1 atom stereocenters. The molecule has 72 valence electrons. The molecule has 0 aromatic carbocycles. The lowest BCUT2D eigenvalue weighted by Gasteiger charge is -2.22. The average molecular weight is 184 g/mol. The predicted octanol–water partition coefficient (Wildman–Crippen LogP) is 0.695. The van der Waals surface area contributed by atoms with Gasteiger partial charge in [0, 0.05) is 11.8 Å². The van der Waals surface area contributed by atoms with Gasteiger partial charge >= 0.3 is 0 Å². The first kappa shape index (κ1) is 10.1. The molecule has 1 heterocycles. The number of aryl methyl sites for hydroxylation is 1. The van der Waals surface area contributed by atoms with Crippen LogP contribution >= 0.6 is 0 Å². The molecule has 0 aliphatic carbocycles. The maximum absolute atomic E-state index is 12.8. The Morgan fingerprint density at radius 2 is 2.31 bits per heavy atom. The van der Waals surface area contributed by atoms with E-state index in [0.717, 1.165) is 0 Å². The average Bonchev–Trinajstić information content (AvgIpc) is 2.09. The van der Waals surface area contributed by atoms with Crippen LogP contribution in [-0.2, 0) is 5.54 Å². The van der Waals surface area contributed by atoms with Crippen LogP contribution < -0.4 is 5.73 Å². The quantitative estimate of drug-likeness (QED) is 0.665.